The Hall–Kier alpha value is -2.34. The van der Waals surface area contributed by atoms with Gasteiger partial charge in [-0.2, -0.15) is 0 Å². The van der Waals surface area contributed by atoms with Gasteiger partial charge in [0.25, 0.3) is 5.91 Å². The number of nitrogens with zero attached hydrogens (tertiary/aromatic N) is 4. The predicted molar refractivity (Wildman–Crippen MR) is 95.9 cm³/mol. The van der Waals surface area contributed by atoms with Crippen molar-refractivity contribution in [3.8, 4) is 0 Å². The van der Waals surface area contributed by atoms with E-state index in [0.29, 0.717) is 0 Å². The van der Waals surface area contributed by atoms with E-state index in [1.807, 2.05) is 37.8 Å². The summed E-state index contributed by atoms with van der Waals surface area (Å²) in [5.41, 5.74) is 3.85. The van der Waals surface area contributed by atoms with Crippen LogP contribution < -0.4 is 4.90 Å². The third-order valence-corrected chi connectivity index (χ3v) is 5.65. The molecule has 0 saturated carbocycles. The monoisotopic (exact) mass is 338 g/mol. The summed E-state index contributed by atoms with van der Waals surface area (Å²) in [6.45, 7) is 6.58. The summed E-state index contributed by atoms with van der Waals surface area (Å²) in [7, 11) is 0. The van der Waals surface area contributed by atoms with Crippen LogP contribution in [0.3, 0.4) is 0 Å². The molecule has 0 radical (unpaired) electrons. The van der Waals surface area contributed by atoms with Crippen molar-refractivity contribution in [1.29, 1.82) is 0 Å². The maximum Gasteiger partial charge on any atom is 0.268 e. The van der Waals surface area contributed by atoms with Crippen LogP contribution in [0.4, 0.5) is 5.69 Å². The van der Waals surface area contributed by atoms with Gasteiger partial charge in [-0.05, 0) is 51.3 Å². The number of carbonyl (C=O) groups is 1. The summed E-state index contributed by atoms with van der Waals surface area (Å²) in [6, 6.07) is 3.87. The van der Waals surface area contributed by atoms with Crippen LogP contribution in [0, 0.1) is 20.8 Å². The second kappa shape index (κ2) is 5.63. The number of anilines is 1. The molecule has 0 atom stereocenters. The Morgan fingerprint density at radius 3 is 2.92 bits per heavy atom. The first kappa shape index (κ1) is 15.2. The normalized spacial score (nSPS) is 14.0. The number of hydrogen-bond acceptors (Lipinski definition) is 5. The van der Waals surface area contributed by atoms with E-state index in [1.165, 1.54) is 11.3 Å². The van der Waals surface area contributed by atoms with E-state index in [2.05, 4.69) is 15.0 Å². The van der Waals surface area contributed by atoms with Gasteiger partial charge in [0.05, 0.1) is 16.3 Å². The fourth-order valence-corrected chi connectivity index (χ4v) is 4.63. The SMILES string of the molecule is Cc1nc(C)c2c(C)c(C(=O)N3CCCc4ncccc43)sc2n1. The van der Waals surface area contributed by atoms with Crippen molar-refractivity contribution in [1.82, 2.24) is 15.0 Å². The maximum atomic E-state index is 13.2. The molecule has 5 nitrogen and oxygen atoms in total. The van der Waals surface area contributed by atoms with Gasteiger partial charge >= 0.3 is 0 Å². The molecule has 4 heterocycles. The van der Waals surface area contributed by atoms with Gasteiger partial charge in [0.2, 0.25) is 0 Å². The van der Waals surface area contributed by atoms with Gasteiger partial charge < -0.3 is 4.90 Å². The summed E-state index contributed by atoms with van der Waals surface area (Å²) in [6.07, 6.45) is 3.66. The Bertz CT molecular complexity index is 963. The van der Waals surface area contributed by atoms with Crippen molar-refractivity contribution < 1.29 is 4.79 Å². The second-order valence-corrected chi connectivity index (χ2v) is 7.12. The summed E-state index contributed by atoms with van der Waals surface area (Å²) >= 11 is 1.47. The first-order valence-electron chi connectivity index (χ1n) is 8.06. The summed E-state index contributed by atoms with van der Waals surface area (Å²) in [5, 5.41) is 1.01. The van der Waals surface area contributed by atoms with Crippen molar-refractivity contribution in [3.63, 3.8) is 0 Å². The molecule has 0 fully saturated rings. The van der Waals surface area contributed by atoms with Crippen molar-refractivity contribution in [3.05, 3.63) is 46.0 Å². The first-order chi connectivity index (χ1) is 11.6. The highest BCUT2D eigenvalue weighted by Gasteiger charge is 2.27. The number of carbonyl (C=O) groups excluding carboxylic acids is 1. The molecule has 1 amide bonds. The molecule has 3 aromatic rings. The Morgan fingerprint density at radius 2 is 2.08 bits per heavy atom. The largest absolute Gasteiger partial charge is 0.306 e. The number of rotatable bonds is 1. The molecule has 0 spiro atoms. The van der Waals surface area contributed by atoms with Crippen LogP contribution in [0.1, 0.15) is 38.9 Å². The summed E-state index contributed by atoms with van der Waals surface area (Å²) in [5.74, 6) is 0.786. The number of fused-ring (bicyclic) bond motifs is 2. The minimum atomic E-state index is 0.0431. The summed E-state index contributed by atoms with van der Waals surface area (Å²) in [4.78, 5) is 30.1. The zero-order valence-corrected chi connectivity index (χ0v) is 14.8. The minimum absolute atomic E-state index is 0.0431. The average Bonchev–Trinajstić information content (AvgIpc) is 2.90. The van der Waals surface area contributed by atoms with Gasteiger partial charge in [0.15, 0.2) is 0 Å². The average molecular weight is 338 g/mol. The van der Waals surface area contributed by atoms with Crippen LogP contribution in [0.2, 0.25) is 0 Å². The minimum Gasteiger partial charge on any atom is -0.306 e. The zero-order chi connectivity index (χ0) is 16.8. The molecular weight excluding hydrogens is 320 g/mol. The molecule has 24 heavy (non-hydrogen) atoms. The van der Waals surface area contributed by atoms with Crippen LogP contribution in [0.15, 0.2) is 18.3 Å². The molecule has 0 saturated heterocycles. The van der Waals surface area contributed by atoms with Crippen molar-refractivity contribution in [2.24, 2.45) is 0 Å². The maximum absolute atomic E-state index is 13.2. The lowest BCUT2D eigenvalue weighted by atomic mass is 10.1. The van der Waals surface area contributed by atoms with Crippen LogP contribution in [-0.4, -0.2) is 27.4 Å². The molecule has 0 unspecified atom stereocenters. The van der Waals surface area contributed by atoms with Gasteiger partial charge in [-0.1, -0.05) is 0 Å². The van der Waals surface area contributed by atoms with Crippen molar-refractivity contribution >= 4 is 33.1 Å². The number of pyridine rings is 1. The molecule has 0 bridgehead atoms. The topological polar surface area (TPSA) is 59.0 Å². The van der Waals surface area contributed by atoms with E-state index < -0.39 is 0 Å². The lowest BCUT2D eigenvalue weighted by Gasteiger charge is -2.28. The highest BCUT2D eigenvalue weighted by atomic mass is 32.1. The van der Waals surface area contributed by atoms with E-state index in [1.54, 1.807) is 6.20 Å². The molecule has 6 heteroatoms. The van der Waals surface area contributed by atoms with Gasteiger partial charge in [-0.3, -0.25) is 9.78 Å². The Balaban J connectivity index is 1.83. The highest BCUT2D eigenvalue weighted by Crippen LogP contribution is 2.34. The van der Waals surface area contributed by atoms with Crippen LogP contribution in [0.5, 0.6) is 0 Å². The third kappa shape index (κ3) is 2.29. The lowest BCUT2D eigenvalue weighted by molar-refractivity contribution is 0.0988. The second-order valence-electron chi connectivity index (χ2n) is 6.12. The van der Waals surface area contributed by atoms with E-state index in [9.17, 15) is 4.79 Å². The van der Waals surface area contributed by atoms with Crippen LogP contribution in [-0.2, 0) is 6.42 Å². The smallest absolute Gasteiger partial charge is 0.268 e. The molecule has 0 N–H and O–H groups in total. The van der Waals surface area contributed by atoms with Gasteiger partial charge in [0.1, 0.15) is 10.7 Å². The van der Waals surface area contributed by atoms with Crippen LogP contribution >= 0.6 is 11.3 Å². The third-order valence-electron chi connectivity index (χ3n) is 4.47. The number of aryl methyl sites for hydroxylation is 4. The van der Waals surface area contributed by atoms with Crippen LogP contribution in [0.25, 0.3) is 10.2 Å². The number of amides is 1. The standard InChI is InChI=1S/C18H18N4OS/c1-10-15-11(2)20-12(3)21-17(15)24-16(10)18(23)22-9-5-6-13-14(22)7-4-8-19-13/h4,7-8H,5-6,9H2,1-3H3. The van der Waals surface area contributed by atoms with Crippen molar-refractivity contribution in [2.45, 2.75) is 33.6 Å². The highest BCUT2D eigenvalue weighted by molar-refractivity contribution is 7.20. The fraction of sp³-hybridized carbons (Fsp3) is 0.333. The quantitative estimate of drug-likeness (QED) is 0.680. The molecule has 0 aliphatic carbocycles. The Kier molecular flexibility index (Phi) is 3.57. The summed E-state index contributed by atoms with van der Waals surface area (Å²) < 4.78 is 0. The predicted octanol–water partition coefficient (Wildman–Crippen LogP) is 3.60. The van der Waals surface area contributed by atoms with E-state index in [4.69, 9.17) is 0 Å². The number of hydrogen-bond donors (Lipinski definition) is 0. The number of thiophene rings is 1. The Morgan fingerprint density at radius 1 is 1.25 bits per heavy atom. The fourth-order valence-electron chi connectivity index (χ4n) is 3.40. The molecule has 1 aliphatic rings. The Labute approximate surface area is 144 Å². The van der Waals surface area contributed by atoms with Gasteiger partial charge in [-0.25, -0.2) is 9.97 Å². The molecule has 0 aromatic carbocycles. The van der Waals surface area contributed by atoms with E-state index >= 15 is 0 Å². The lowest BCUT2D eigenvalue weighted by Crippen LogP contribution is -2.35. The molecule has 3 aromatic heterocycles. The first-order valence-corrected chi connectivity index (χ1v) is 8.88. The molecular formula is C18H18N4OS. The van der Waals surface area contributed by atoms with Gasteiger partial charge in [-0.15, -0.1) is 11.3 Å². The molecule has 4 rings (SSSR count). The van der Waals surface area contributed by atoms with E-state index in [-0.39, 0.29) is 5.91 Å². The molecule has 122 valence electrons. The van der Waals surface area contributed by atoms with E-state index in [0.717, 1.165) is 62.9 Å². The van der Waals surface area contributed by atoms with Crippen molar-refractivity contribution in [2.75, 3.05) is 11.4 Å². The number of aromatic nitrogens is 3. The van der Waals surface area contributed by atoms with Gasteiger partial charge in [0, 0.05) is 23.8 Å². The zero-order valence-electron chi connectivity index (χ0n) is 14.0. The molecule has 1 aliphatic heterocycles.